The van der Waals surface area contributed by atoms with Crippen molar-refractivity contribution >= 4 is 11.8 Å². The molecule has 1 fully saturated rings. The Morgan fingerprint density at radius 2 is 1.92 bits per heavy atom. The fourth-order valence-corrected chi connectivity index (χ4v) is 3.08. The molecule has 1 atom stereocenters. The third-order valence-corrected chi connectivity index (χ3v) is 4.55. The maximum atomic E-state index is 12.6. The zero-order chi connectivity index (χ0) is 17.3. The molecule has 0 amide bonds. The molecule has 0 bridgehead atoms. The highest BCUT2D eigenvalue weighted by Gasteiger charge is 2.49. The topological polar surface area (TPSA) is 64.4 Å². The number of hydrogen-bond acceptors (Lipinski definition) is 5. The van der Waals surface area contributed by atoms with E-state index < -0.39 is 11.6 Å². The third kappa shape index (κ3) is 2.85. The van der Waals surface area contributed by atoms with Crippen LogP contribution in [0.1, 0.15) is 35.9 Å². The van der Waals surface area contributed by atoms with Crippen LogP contribution in [0.25, 0.3) is 0 Å². The Hall–Kier alpha value is -2.47. The summed E-state index contributed by atoms with van der Waals surface area (Å²) in [6.45, 7) is 4.31. The number of ether oxygens (including phenoxy) is 1. The Kier molecular flexibility index (Phi) is 4.24. The minimum Gasteiger partial charge on any atom is -0.444 e. The smallest absolute Gasteiger partial charge is 0.357 e. The number of esters is 1. The molecular weight excluding hydrogens is 306 g/mol. The Balaban J connectivity index is 1.82. The van der Waals surface area contributed by atoms with Crippen LogP contribution in [0.3, 0.4) is 0 Å². The van der Waals surface area contributed by atoms with Gasteiger partial charge in [-0.15, -0.1) is 0 Å². The molecule has 0 N–H and O–H groups in total. The molecule has 0 spiro atoms. The van der Waals surface area contributed by atoms with Crippen molar-refractivity contribution in [3.05, 3.63) is 54.1 Å². The number of benzene rings is 1. The lowest BCUT2D eigenvalue weighted by Gasteiger charge is -2.45. The molecule has 0 unspecified atom stereocenters. The largest absolute Gasteiger partial charge is 0.444 e. The van der Waals surface area contributed by atoms with E-state index in [1.165, 1.54) is 13.1 Å². The fourth-order valence-electron chi connectivity index (χ4n) is 3.08. The second-order valence-electron chi connectivity index (χ2n) is 6.39. The SMILES string of the molecule is CC(=O)C1(OC(=O)c2cncn2[C@H](C)c2ccccc2)CN(C)C1. The second kappa shape index (κ2) is 6.20. The number of ketones is 1. The van der Waals surface area contributed by atoms with Crippen LogP contribution in [-0.2, 0) is 9.53 Å². The minimum absolute atomic E-state index is 0.0615. The predicted octanol–water partition coefficient (Wildman–Crippen LogP) is 1.92. The summed E-state index contributed by atoms with van der Waals surface area (Å²) in [6, 6.07) is 9.79. The van der Waals surface area contributed by atoms with Crippen LogP contribution in [0.4, 0.5) is 0 Å². The van der Waals surface area contributed by atoms with Crippen LogP contribution in [0.2, 0.25) is 0 Å². The fraction of sp³-hybridized carbons (Fsp3) is 0.389. The Bertz CT molecular complexity index is 748. The van der Waals surface area contributed by atoms with Gasteiger partial charge in [0.15, 0.2) is 11.4 Å². The van der Waals surface area contributed by atoms with Gasteiger partial charge in [-0.2, -0.15) is 0 Å². The Labute approximate surface area is 141 Å². The number of imidazole rings is 1. The predicted molar refractivity (Wildman–Crippen MR) is 88.8 cm³/mol. The highest BCUT2D eigenvalue weighted by atomic mass is 16.6. The van der Waals surface area contributed by atoms with Gasteiger partial charge in [-0.05, 0) is 26.5 Å². The number of rotatable bonds is 5. The van der Waals surface area contributed by atoms with E-state index in [4.69, 9.17) is 4.74 Å². The van der Waals surface area contributed by atoms with E-state index in [1.54, 1.807) is 10.9 Å². The maximum absolute atomic E-state index is 12.6. The summed E-state index contributed by atoms with van der Waals surface area (Å²) < 4.78 is 7.36. The van der Waals surface area contributed by atoms with Crippen LogP contribution in [0.15, 0.2) is 42.9 Å². The molecule has 2 aromatic rings. The van der Waals surface area contributed by atoms with Crippen molar-refractivity contribution in [2.24, 2.45) is 0 Å². The molecule has 0 radical (unpaired) electrons. The zero-order valence-electron chi connectivity index (χ0n) is 14.1. The van der Waals surface area contributed by atoms with Gasteiger partial charge in [0.2, 0.25) is 0 Å². The molecule has 6 heteroatoms. The van der Waals surface area contributed by atoms with Gasteiger partial charge in [0.25, 0.3) is 0 Å². The highest BCUT2D eigenvalue weighted by molar-refractivity contribution is 5.94. The van der Waals surface area contributed by atoms with Crippen molar-refractivity contribution in [3.8, 4) is 0 Å². The summed E-state index contributed by atoms with van der Waals surface area (Å²) in [6.07, 6.45) is 3.10. The van der Waals surface area contributed by atoms with Crippen LogP contribution < -0.4 is 0 Å². The van der Waals surface area contributed by atoms with Crippen LogP contribution in [-0.4, -0.2) is 51.9 Å². The van der Waals surface area contributed by atoms with E-state index in [9.17, 15) is 9.59 Å². The molecule has 0 aliphatic carbocycles. The van der Waals surface area contributed by atoms with Gasteiger partial charge in [-0.1, -0.05) is 30.3 Å². The summed E-state index contributed by atoms with van der Waals surface area (Å²) in [5.74, 6) is -0.644. The number of nitrogens with zero attached hydrogens (tertiary/aromatic N) is 3. The van der Waals surface area contributed by atoms with E-state index in [0.29, 0.717) is 18.8 Å². The molecule has 0 saturated carbocycles. The van der Waals surface area contributed by atoms with Gasteiger partial charge >= 0.3 is 5.97 Å². The monoisotopic (exact) mass is 327 g/mol. The van der Waals surface area contributed by atoms with Gasteiger partial charge in [0.05, 0.1) is 18.6 Å². The molecule has 2 heterocycles. The highest BCUT2D eigenvalue weighted by Crippen LogP contribution is 2.27. The summed E-state index contributed by atoms with van der Waals surface area (Å²) >= 11 is 0. The first-order valence-electron chi connectivity index (χ1n) is 7.93. The van der Waals surface area contributed by atoms with Crippen molar-refractivity contribution in [1.82, 2.24) is 14.5 Å². The minimum atomic E-state index is -1.03. The first kappa shape index (κ1) is 16.4. The molecule has 126 valence electrons. The second-order valence-corrected chi connectivity index (χ2v) is 6.39. The van der Waals surface area contributed by atoms with Gasteiger partial charge in [-0.25, -0.2) is 9.78 Å². The molecule has 1 saturated heterocycles. The normalized spacial score (nSPS) is 17.8. The van der Waals surface area contributed by atoms with Gasteiger partial charge < -0.3 is 9.30 Å². The number of hydrogen-bond donors (Lipinski definition) is 0. The first-order chi connectivity index (χ1) is 11.4. The first-order valence-corrected chi connectivity index (χ1v) is 7.93. The molecule has 1 aromatic carbocycles. The van der Waals surface area contributed by atoms with E-state index in [2.05, 4.69) is 4.98 Å². The molecule has 1 aliphatic rings. The number of likely N-dealkylation sites (N-methyl/N-ethyl adjacent to an activating group) is 1. The number of aromatic nitrogens is 2. The molecule has 1 aliphatic heterocycles. The standard InChI is InChI=1S/C18H21N3O3/c1-13(15-7-5-4-6-8-15)21-12-19-9-16(21)17(23)24-18(14(2)22)10-20(3)11-18/h4-9,12-13H,10-11H2,1-3H3/t13-/m1/s1. The lowest BCUT2D eigenvalue weighted by Crippen LogP contribution is -2.66. The van der Waals surface area contributed by atoms with Crippen LogP contribution in [0.5, 0.6) is 0 Å². The lowest BCUT2D eigenvalue weighted by molar-refractivity contribution is -0.153. The maximum Gasteiger partial charge on any atom is 0.357 e. The van der Waals surface area contributed by atoms with Crippen molar-refractivity contribution in [2.75, 3.05) is 20.1 Å². The summed E-state index contributed by atoms with van der Waals surface area (Å²) in [7, 11) is 1.89. The van der Waals surface area contributed by atoms with E-state index in [1.807, 2.05) is 49.2 Å². The summed E-state index contributed by atoms with van der Waals surface area (Å²) in [5, 5.41) is 0. The van der Waals surface area contributed by atoms with Gasteiger partial charge in [0, 0.05) is 13.1 Å². The van der Waals surface area contributed by atoms with Crippen molar-refractivity contribution in [2.45, 2.75) is 25.5 Å². The number of carbonyl (C=O) groups excluding carboxylic acids is 2. The average molecular weight is 327 g/mol. The molecule has 1 aromatic heterocycles. The number of carbonyl (C=O) groups is 2. The summed E-state index contributed by atoms with van der Waals surface area (Å²) in [4.78, 5) is 30.6. The molecule has 24 heavy (non-hydrogen) atoms. The third-order valence-electron chi connectivity index (χ3n) is 4.55. The lowest BCUT2D eigenvalue weighted by atomic mass is 9.90. The number of Topliss-reactive ketones (excluding diaryl/α,β-unsaturated/α-hetero) is 1. The molecule has 3 rings (SSSR count). The van der Waals surface area contributed by atoms with Gasteiger partial charge in [-0.3, -0.25) is 9.69 Å². The van der Waals surface area contributed by atoms with E-state index in [-0.39, 0.29) is 11.8 Å². The van der Waals surface area contributed by atoms with Crippen LogP contribution in [0, 0.1) is 0 Å². The average Bonchev–Trinajstić information content (AvgIpc) is 3.02. The molecule has 6 nitrogen and oxygen atoms in total. The quantitative estimate of drug-likeness (QED) is 0.785. The zero-order valence-corrected chi connectivity index (χ0v) is 14.1. The Morgan fingerprint density at radius 1 is 1.25 bits per heavy atom. The van der Waals surface area contributed by atoms with Crippen molar-refractivity contribution < 1.29 is 14.3 Å². The molecular formula is C18H21N3O3. The number of likely N-dealkylation sites (tertiary alicyclic amines) is 1. The van der Waals surface area contributed by atoms with Crippen molar-refractivity contribution in [1.29, 1.82) is 0 Å². The van der Waals surface area contributed by atoms with E-state index in [0.717, 1.165) is 5.56 Å². The van der Waals surface area contributed by atoms with Crippen LogP contribution >= 0.6 is 0 Å². The summed E-state index contributed by atoms with van der Waals surface area (Å²) in [5.41, 5.74) is 0.382. The van der Waals surface area contributed by atoms with Crippen molar-refractivity contribution in [3.63, 3.8) is 0 Å². The Morgan fingerprint density at radius 3 is 2.50 bits per heavy atom. The van der Waals surface area contributed by atoms with E-state index >= 15 is 0 Å². The van der Waals surface area contributed by atoms with Gasteiger partial charge in [0.1, 0.15) is 5.69 Å².